The van der Waals surface area contributed by atoms with Crippen LogP contribution in [0.15, 0.2) is 66.7 Å². The van der Waals surface area contributed by atoms with Gasteiger partial charge in [-0.25, -0.2) is 0 Å². The van der Waals surface area contributed by atoms with Gasteiger partial charge in [0.15, 0.2) is 0 Å². The number of anilines is 1. The average molecular weight is 405 g/mol. The van der Waals surface area contributed by atoms with Crippen LogP contribution in [0, 0.1) is 6.92 Å². The van der Waals surface area contributed by atoms with E-state index in [-0.39, 0.29) is 11.8 Å². The molecule has 0 radical (unpaired) electrons. The van der Waals surface area contributed by atoms with Crippen LogP contribution in [0.25, 0.3) is 0 Å². The van der Waals surface area contributed by atoms with Crippen LogP contribution in [-0.4, -0.2) is 18.4 Å². The van der Waals surface area contributed by atoms with Crippen molar-refractivity contribution in [2.45, 2.75) is 19.9 Å². The Morgan fingerprint density at radius 2 is 1.79 bits per heavy atom. The molecular formula is C24H21ClN2O2. The molecule has 146 valence electrons. The molecule has 0 unspecified atom stereocenters. The fourth-order valence-electron chi connectivity index (χ4n) is 3.62. The van der Waals surface area contributed by atoms with Crippen LogP contribution >= 0.6 is 11.6 Å². The summed E-state index contributed by atoms with van der Waals surface area (Å²) in [6, 6.07) is 20.5. The van der Waals surface area contributed by atoms with Gasteiger partial charge in [0.05, 0.1) is 0 Å². The predicted molar refractivity (Wildman–Crippen MR) is 116 cm³/mol. The van der Waals surface area contributed by atoms with Crippen molar-refractivity contribution in [1.82, 2.24) is 5.32 Å². The number of nitrogens with zero attached hydrogens (tertiary/aromatic N) is 1. The van der Waals surface area contributed by atoms with Crippen molar-refractivity contribution < 1.29 is 9.59 Å². The lowest BCUT2D eigenvalue weighted by Gasteiger charge is -2.18. The lowest BCUT2D eigenvalue weighted by atomic mass is 10.1. The Hall–Kier alpha value is -3.11. The van der Waals surface area contributed by atoms with E-state index in [1.807, 2.05) is 48.2 Å². The largest absolute Gasteiger partial charge is 0.348 e. The molecule has 1 N–H and O–H groups in total. The molecule has 3 aromatic rings. The Kier molecular flexibility index (Phi) is 5.36. The normalized spacial score (nSPS) is 12.6. The van der Waals surface area contributed by atoms with Gasteiger partial charge >= 0.3 is 0 Å². The van der Waals surface area contributed by atoms with Gasteiger partial charge in [-0.15, -0.1) is 0 Å². The first kappa shape index (κ1) is 19.2. The molecule has 5 heteroatoms. The second-order valence-electron chi connectivity index (χ2n) is 7.23. The number of benzene rings is 3. The summed E-state index contributed by atoms with van der Waals surface area (Å²) in [5.41, 5.74) is 5.39. The van der Waals surface area contributed by atoms with Gasteiger partial charge in [0.1, 0.15) is 0 Å². The first-order valence-electron chi connectivity index (χ1n) is 9.55. The number of carbonyl (C=O) groups is 2. The third-order valence-electron chi connectivity index (χ3n) is 5.09. The summed E-state index contributed by atoms with van der Waals surface area (Å²) in [5, 5.41) is 3.46. The second kappa shape index (κ2) is 8.10. The van der Waals surface area contributed by atoms with Crippen LogP contribution in [0.4, 0.5) is 5.69 Å². The first-order chi connectivity index (χ1) is 14.0. The smallest absolute Gasteiger partial charge is 0.258 e. The van der Waals surface area contributed by atoms with Crippen molar-refractivity contribution in [3.05, 3.63) is 99.6 Å². The Labute approximate surface area is 175 Å². The molecule has 0 bridgehead atoms. The topological polar surface area (TPSA) is 49.4 Å². The molecule has 0 spiro atoms. The van der Waals surface area contributed by atoms with Crippen molar-refractivity contribution in [2.75, 3.05) is 11.4 Å². The van der Waals surface area contributed by atoms with E-state index in [0.29, 0.717) is 29.2 Å². The molecule has 4 rings (SSSR count). The maximum atomic E-state index is 12.9. The number of carbonyl (C=O) groups excluding carboxylic acids is 2. The van der Waals surface area contributed by atoms with Crippen molar-refractivity contribution in [3.63, 3.8) is 0 Å². The molecule has 1 aliphatic heterocycles. The minimum absolute atomic E-state index is 0.0226. The van der Waals surface area contributed by atoms with Crippen molar-refractivity contribution in [2.24, 2.45) is 0 Å². The van der Waals surface area contributed by atoms with Crippen LogP contribution < -0.4 is 10.2 Å². The van der Waals surface area contributed by atoms with Crippen LogP contribution in [0.5, 0.6) is 0 Å². The first-order valence-corrected chi connectivity index (χ1v) is 9.93. The van der Waals surface area contributed by atoms with E-state index in [1.54, 1.807) is 24.3 Å². The molecule has 1 aliphatic rings. The summed E-state index contributed by atoms with van der Waals surface area (Å²) in [6.45, 7) is 3.07. The number of rotatable bonds is 4. The third-order valence-corrected chi connectivity index (χ3v) is 5.32. The van der Waals surface area contributed by atoms with Crippen molar-refractivity contribution in [3.8, 4) is 0 Å². The summed E-state index contributed by atoms with van der Waals surface area (Å²) in [4.78, 5) is 27.0. The fourth-order valence-corrected chi connectivity index (χ4v) is 3.81. The number of fused-ring (bicyclic) bond motifs is 1. The number of hydrogen-bond donors (Lipinski definition) is 1. The summed E-state index contributed by atoms with van der Waals surface area (Å²) >= 11 is 5.95. The number of halogens is 1. The molecule has 1 heterocycles. The third kappa shape index (κ3) is 4.17. The second-order valence-corrected chi connectivity index (χ2v) is 7.67. The van der Waals surface area contributed by atoms with Gasteiger partial charge in [-0.3, -0.25) is 9.59 Å². The lowest BCUT2D eigenvalue weighted by Crippen LogP contribution is -2.28. The van der Waals surface area contributed by atoms with Gasteiger partial charge in [0.2, 0.25) is 0 Å². The summed E-state index contributed by atoms with van der Waals surface area (Å²) < 4.78 is 0. The van der Waals surface area contributed by atoms with Crippen LogP contribution in [-0.2, 0) is 13.0 Å². The molecule has 0 atom stereocenters. The van der Waals surface area contributed by atoms with Gasteiger partial charge in [-0.2, -0.15) is 0 Å². The standard InChI is InChI=1S/C24H21ClN2O2/c1-16-4-2-6-20(12-16)24(29)27-11-10-18-13-17(8-9-22(18)27)15-26-23(28)19-5-3-7-21(25)14-19/h2-9,12-14H,10-11,15H2,1H3,(H,26,28). The van der Waals surface area contributed by atoms with Crippen molar-refractivity contribution >= 4 is 29.1 Å². The highest BCUT2D eigenvalue weighted by atomic mass is 35.5. The quantitative estimate of drug-likeness (QED) is 0.680. The maximum absolute atomic E-state index is 12.9. The van der Waals surface area contributed by atoms with Crippen LogP contribution in [0.1, 0.15) is 37.4 Å². The molecule has 0 fully saturated rings. The van der Waals surface area contributed by atoms with Crippen molar-refractivity contribution in [1.29, 1.82) is 0 Å². The monoisotopic (exact) mass is 404 g/mol. The number of amides is 2. The molecule has 4 nitrogen and oxygen atoms in total. The van der Waals surface area contributed by atoms with E-state index in [1.165, 1.54) is 0 Å². The Morgan fingerprint density at radius 3 is 2.59 bits per heavy atom. The van der Waals surface area contributed by atoms with E-state index in [9.17, 15) is 9.59 Å². The zero-order chi connectivity index (χ0) is 20.4. The summed E-state index contributed by atoms with van der Waals surface area (Å²) in [7, 11) is 0. The van der Waals surface area contributed by atoms with Crippen LogP contribution in [0.3, 0.4) is 0 Å². The van der Waals surface area contributed by atoms with Gasteiger partial charge in [0, 0.05) is 34.9 Å². The van der Waals surface area contributed by atoms with Gasteiger partial charge in [-0.1, -0.05) is 47.5 Å². The number of nitrogens with one attached hydrogen (secondary N) is 1. The fraction of sp³-hybridized carbons (Fsp3) is 0.167. The zero-order valence-electron chi connectivity index (χ0n) is 16.1. The molecule has 0 saturated heterocycles. The minimum atomic E-state index is -0.163. The molecular weight excluding hydrogens is 384 g/mol. The van der Waals surface area contributed by atoms with E-state index in [0.717, 1.165) is 28.8 Å². The van der Waals surface area contributed by atoms with E-state index in [4.69, 9.17) is 11.6 Å². The van der Waals surface area contributed by atoms with Gasteiger partial charge in [0.25, 0.3) is 11.8 Å². The predicted octanol–water partition coefficient (Wildman–Crippen LogP) is 4.78. The molecule has 2 amide bonds. The molecule has 3 aromatic carbocycles. The molecule has 0 saturated carbocycles. The van der Waals surface area contributed by atoms with E-state index >= 15 is 0 Å². The molecule has 0 aliphatic carbocycles. The maximum Gasteiger partial charge on any atom is 0.258 e. The molecule has 0 aromatic heterocycles. The SMILES string of the molecule is Cc1cccc(C(=O)N2CCc3cc(CNC(=O)c4cccc(Cl)c4)ccc32)c1. The Balaban J connectivity index is 1.46. The van der Waals surface area contributed by atoms with E-state index < -0.39 is 0 Å². The highest BCUT2D eigenvalue weighted by Crippen LogP contribution is 2.30. The van der Waals surface area contributed by atoms with E-state index in [2.05, 4.69) is 11.4 Å². The number of hydrogen-bond acceptors (Lipinski definition) is 2. The lowest BCUT2D eigenvalue weighted by molar-refractivity contribution is 0.0949. The summed E-state index contributed by atoms with van der Waals surface area (Å²) in [6.07, 6.45) is 0.809. The van der Waals surface area contributed by atoms with Gasteiger partial charge in [-0.05, 0) is 60.9 Å². The number of aryl methyl sites for hydroxylation is 1. The minimum Gasteiger partial charge on any atom is -0.348 e. The van der Waals surface area contributed by atoms with Crippen LogP contribution in [0.2, 0.25) is 5.02 Å². The zero-order valence-corrected chi connectivity index (χ0v) is 16.9. The van der Waals surface area contributed by atoms with Gasteiger partial charge < -0.3 is 10.2 Å². The average Bonchev–Trinajstić information content (AvgIpc) is 3.14. The highest BCUT2D eigenvalue weighted by molar-refractivity contribution is 6.30. The molecule has 29 heavy (non-hydrogen) atoms. The highest BCUT2D eigenvalue weighted by Gasteiger charge is 2.25. The Bertz CT molecular complexity index is 1090. The Morgan fingerprint density at radius 1 is 1.00 bits per heavy atom. The summed E-state index contributed by atoms with van der Waals surface area (Å²) in [5.74, 6) is -0.140.